The van der Waals surface area contributed by atoms with Crippen molar-refractivity contribution >= 4 is 41.5 Å². The number of benzene rings is 1. The Kier molecular flexibility index (Phi) is 9.53. The van der Waals surface area contributed by atoms with E-state index in [1.807, 2.05) is 26.0 Å². The van der Waals surface area contributed by atoms with Crippen molar-refractivity contribution in [3.63, 3.8) is 0 Å². The number of ether oxygens (including phenoxy) is 3. The van der Waals surface area contributed by atoms with Crippen LogP contribution < -0.4 is 20.1 Å². The van der Waals surface area contributed by atoms with Gasteiger partial charge in [0, 0.05) is 19.7 Å². The van der Waals surface area contributed by atoms with Crippen LogP contribution in [0.15, 0.2) is 17.1 Å². The standard InChI is InChI=1S/C16H24ClN3O3.HI/c1-4-18-16(20-11(2)10-21-3)19-9-12-7-13(17)15-14(8-12)22-5-6-23-15;/h7-8,11H,4-6,9-10H2,1-3H3,(H2,18,19,20);1H. The van der Waals surface area contributed by atoms with E-state index in [0.29, 0.717) is 42.9 Å². The molecule has 0 amide bonds. The van der Waals surface area contributed by atoms with Gasteiger partial charge in [0.15, 0.2) is 17.5 Å². The van der Waals surface area contributed by atoms with Crippen LogP contribution in [0.25, 0.3) is 0 Å². The van der Waals surface area contributed by atoms with Crippen LogP contribution in [0.4, 0.5) is 0 Å². The highest BCUT2D eigenvalue weighted by Crippen LogP contribution is 2.38. The van der Waals surface area contributed by atoms with Gasteiger partial charge in [0.2, 0.25) is 0 Å². The highest BCUT2D eigenvalue weighted by atomic mass is 127. The van der Waals surface area contributed by atoms with E-state index in [0.717, 1.165) is 18.1 Å². The lowest BCUT2D eigenvalue weighted by atomic mass is 10.2. The van der Waals surface area contributed by atoms with Gasteiger partial charge in [0.05, 0.1) is 18.2 Å². The second kappa shape index (κ2) is 10.8. The van der Waals surface area contributed by atoms with Gasteiger partial charge in [-0.3, -0.25) is 0 Å². The Bertz CT molecular complexity index is 558. The summed E-state index contributed by atoms with van der Waals surface area (Å²) in [4.78, 5) is 4.58. The van der Waals surface area contributed by atoms with E-state index >= 15 is 0 Å². The minimum atomic E-state index is 0. The van der Waals surface area contributed by atoms with Crippen LogP contribution in [0.1, 0.15) is 19.4 Å². The van der Waals surface area contributed by atoms with Crippen LogP contribution in [0, 0.1) is 0 Å². The summed E-state index contributed by atoms with van der Waals surface area (Å²) in [5, 5.41) is 7.06. The Hall–Kier alpha value is -0.930. The largest absolute Gasteiger partial charge is 0.486 e. The Morgan fingerprint density at radius 1 is 1.38 bits per heavy atom. The lowest BCUT2D eigenvalue weighted by Crippen LogP contribution is -2.43. The maximum Gasteiger partial charge on any atom is 0.191 e. The van der Waals surface area contributed by atoms with Crippen LogP contribution in [-0.4, -0.2) is 45.5 Å². The predicted octanol–water partition coefficient (Wildman–Crippen LogP) is 2.82. The molecule has 0 saturated carbocycles. The van der Waals surface area contributed by atoms with Crippen molar-refractivity contribution in [2.45, 2.75) is 26.4 Å². The van der Waals surface area contributed by atoms with Gasteiger partial charge < -0.3 is 24.8 Å². The van der Waals surface area contributed by atoms with Crippen LogP contribution in [0.3, 0.4) is 0 Å². The van der Waals surface area contributed by atoms with E-state index in [4.69, 9.17) is 25.8 Å². The van der Waals surface area contributed by atoms with E-state index in [1.165, 1.54) is 0 Å². The zero-order valence-electron chi connectivity index (χ0n) is 14.2. The molecule has 1 aromatic rings. The fraction of sp³-hybridized carbons (Fsp3) is 0.562. The molecule has 136 valence electrons. The summed E-state index contributed by atoms with van der Waals surface area (Å²) in [7, 11) is 1.68. The molecule has 1 atom stereocenters. The first-order chi connectivity index (χ1) is 11.1. The summed E-state index contributed by atoms with van der Waals surface area (Å²) in [5.41, 5.74) is 0.968. The summed E-state index contributed by atoms with van der Waals surface area (Å²) in [5.74, 6) is 2.03. The third-order valence-corrected chi connectivity index (χ3v) is 3.50. The third-order valence-electron chi connectivity index (χ3n) is 3.22. The highest BCUT2D eigenvalue weighted by molar-refractivity contribution is 14.0. The van der Waals surface area contributed by atoms with Crippen LogP contribution >= 0.6 is 35.6 Å². The van der Waals surface area contributed by atoms with Crippen LogP contribution in [0.5, 0.6) is 11.5 Å². The smallest absolute Gasteiger partial charge is 0.191 e. The number of nitrogens with zero attached hydrogens (tertiary/aromatic N) is 1. The number of aliphatic imine (C=N–C) groups is 1. The van der Waals surface area contributed by atoms with Gasteiger partial charge in [0.25, 0.3) is 0 Å². The van der Waals surface area contributed by atoms with E-state index in [-0.39, 0.29) is 30.0 Å². The van der Waals surface area contributed by atoms with Gasteiger partial charge in [-0.1, -0.05) is 11.6 Å². The third kappa shape index (κ3) is 6.18. The molecule has 0 aromatic heterocycles. The molecular formula is C16H25ClIN3O3. The Morgan fingerprint density at radius 2 is 2.12 bits per heavy atom. The van der Waals surface area contributed by atoms with Crippen LogP contribution in [-0.2, 0) is 11.3 Å². The number of guanidine groups is 1. The zero-order valence-corrected chi connectivity index (χ0v) is 17.3. The summed E-state index contributed by atoms with van der Waals surface area (Å²) in [6.45, 7) is 7.01. The predicted molar refractivity (Wildman–Crippen MR) is 107 cm³/mol. The second-order valence-corrected chi connectivity index (χ2v) is 5.70. The van der Waals surface area contributed by atoms with Crippen molar-refractivity contribution < 1.29 is 14.2 Å². The lowest BCUT2D eigenvalue weighted by molar-refractivity contribution is 0.171. The second-order valence-electron chi connectivity index (χ2n) is 5.30. The fourth-order valence-electron chi connectivity index (χ4n) is 2.27. The van der Waals surface area contributed by atoms with Crippen molar-refractivity contribution in [3.8, 4) is 11.5 Å². The van der Waals surface area contributed by atoms with Crippen molar-refractivity contribution in [3.05, 3.63) is 22.7 Å². The zero-order chi connectivity index (χ0) is 16.7. The minimum Gasteiger partial charge on any atom is -0.486 e. The first-order valence-electron chi connectivity index (χ1n) is 7.75. The molecule has 0 bridgehead atoms. The fourth-order valence-corrected chi connectivity index (χ4v) is 2.56. The van der Waals surface area contributed by atoms with E-state index in [9.17, 15) is 0 Å². The molecule has 1 aromatic carbocycles. The van der Waals surface area contributed by atoms with Crippen molar-refractivity contribution in [1.82, 2.24) is 10.6 Å². The Labute approximate surface area is 165 Å². The minimum absolute atomic E-state index is 0. The topological polar surface area (TPSA) is 64.1 Å². The van der Waals surface area contributed by atoms with Crippen LogP contribution in [0.2, 0.25) is 5.02 Å². The Morgan fingerprint density at radius 3 is 2.83 bits per heavy atom. The number of hydrogen-bond donors (Lipinski definition) is 2. The van der Waals surface area contributed by atoms with Gasteiger partial charge in [0.1, 0.15) is 13.2 Å². The number of halogens is 2. The van der Waals surface area contributed by atoms with Gasteiger partial charge in [-0.25, -0.2) is 4.99 Å². The molecule has 0 aliphatic carbocycles. The molecule has 1 unspecified atom stereocenters. The number of rotatable bonds is 6. The first kappa shape index (κ1) is 21.1. The molecule has 6 nitrogen and oxygen atoms in total. The molecule has 1 aliphatic rings. The summed E-state index contributed by atoms with van der Waals surface area (Å²) in [6.07, 6.45) is 0. The first-order valence-corrected chi connectivity index (χ1v) is 8.13. The van der Waals surface area contributed by atoms with Gasteiger partial charge in [-0.05, 0) is 31.5 Å². The Balaban J connectivity index is 0.00000288. The van der Waals surface area contributed by atoms with E-state index in [1.54, 1.807) is 7.11 Å². The molecular weight excluding hydrogens is 445 g/mol. The van der Waals surface area contributed by atoms with Crippen molar-refractivity contribution in [1.29, 1.82) is 0 Å². The molecule has 0 radical (unpaired) electrons. The molecule has 0 fully saturated rings. The van der Waals surface area contributed by atoms with E-state index in [2.05, 4.69) is 15.6 Å². The summed E-state index contributed by atoms with van der Waals surface area (Å²) >= 11 is 6.25. The number of fused-ring (bicyclic) bond motifs is 1. The summed E-state index contributed by atoms with van der Waals surface area (Å²) < 4.78 is 16.2. The van der Waals surface area contributed by atoms with Crippen molar-refractivity contribution in [2.24, 2.45) is 4.99 Å². The van der Waals surface area contributed by atoms with Gasteiger partial charge >= 0.3 is 0 Å². The number of methoxy groups -OCH3 is 1. The number of hydrogen-bond acceptors (Lipinski definition) is 4. The SMILES string of the molecule is CCNC(=NCc1cc(Cl)c2c(c1)OCCO2)NC(C)COC.I. The average molecular weight is 470 g/mol. The maximum absolute atomic E-state index is 6.25. The van der Waals surface area contributed by atoms with Gasteiger partial charge in [-0.2, -0.15) is 0 Å². The molecule has 1 aliphatic heterocycles. The molecule has 0 saturated heterocycles. The molecule has 2 rings (SSSR count). The van der Waals surface area contributed by atoms with Gasteiger partial charge in [-0.15, -0.1) is 24.0 Å². The lowest BCUT2D eigenvalue weighted by Gasteiger charge is -2.20. The molecule has 0 spiro atoms. The summed E-state index contributed by atoms with van der Waals surface area (Å²) in [6, 6.07) is 3.95. The normalized spacial score (nSPS) is 14.6. The average Bonchev–Trinajstić information content (AvgIpc) is 2.53. The highest BCUT2D eigenvalue weighted by Gasteiger charge is 2.16. The molecule has 8 heteroatoms. The molecule has 24 heavy (non-hydrogen) atoms. The van der Waals surface area contributed by atoms with Crippen molar-refractivity contribution in [2.75, 3.05) is 33.5 Å². The molecule has 2 N–H and O–H groups in total. The van der Waals surface area contributed by atoms with E-state index < -0.39 is 0 Å². The monoisotopic (exact) mass is 469 g/mol. The number of nitrogens with one attached hydrogen (secondary N) is 2. The maximum atomic E-state index is 6.25. The quantitative estimate of drug-likeness (QED) is 0.381. The molecule has 1 heterocycles.